The molecule has 3 aromatic carbocycles. The number of ether oxygens (including phenoxy) is 4. The molecule has 204 valence electrons. The van der Waals surface area contributed by atoms with E-state index >= 15 is 0 Å². The number of methoxy groups -OCH3 is 2. The van der Waals surface area contributed by atoms with Gasteiger partial charge in [-0.05, 0) is 66.9 Å². The van der Waals surface area contributed by atoms with Gasteiger partial charge in [0.2, 0.25) is 0 Å². The Kier molecular flexibility index (Phi) is 8.44. The molecular weight excluding hydrogens is 498 g/mol. The molecule has 0 radical (unpaired) electrons. The molecule has 8 heteroatoms. The second-order valence-corrected chi connectivity index (χ2v) is 9.44. The number of amides is 1. The standard InChI is InChI=1S/C31H33NO7/c1-6-38-23-13-11-22(12-14-23)32-28(20-10-15-25(36-4)26(17-20)37-5)27(30(34)31(32)35)29(33)21-8-7-9-24(16-21)39-18-19(2)3/h7-17,19,28,33H,6,18H2,1-5H3/b29-27-. The van der Waals surface area contributed by atoms with E-state index in [-0.39, 0.29) is 11.3 Å². The Bertz CT molecular complexity index is 1380. The Hall–Kier alpha value is -4.46. The number of nitrogens with zero attached hydrogens (tertiary/aromatic N) is 1. The van der Waals surface area contributed by atoms with Gasteiger partial charge in [0.15, 0.2) is 11.5 Å². The van der Waals surface area contributed by atoms with Crippen LogP contribution in [0.15, 0.2) is 72.3 Å². The second-order valence-electron chi connectivity index (χ2n) is 9.44. The lowest BCUT2D eigenvalue weighted by Crippen LogP contribution is -2.29. The average Bonchev–Trinajstić information content (AvgIpc) is 3.21. The molecule has 1 atom stereocenters. The minimum absolute atomic E-state index is 0.0397. The first-order valence-corrected chi connectivity index (χ1v) is 12.8. The molecule has 1 unspecified atom stereocenters. The van der Waals surface area contributed by atoms with Gasteiger partial charge in [-0.2, -0.15) is 0 Å². The summed E-state index contributed by atoms with van der Waals surface area (Å²) >= 11 is 0. The molecule has 1 saturated heterocycles. The molecule has 1 N–H and O–H groups in total. The molecule has 3 aromatic rings. The highest BCUT2D eigenvalue weighted by Crippen LogP contribution is 2.44. The van der Waals surface area contributed by atoms with Gasteiger partial charge in [0.05, 0.1) is 39.0 Å². The molecule has 1 aliphatic rings. The van der Waals surface area contributed by atoms with E-state index in [9.17, 15) is 14.7 Å². The second kappa shape index (κ2) is 11.9. The van der Waals surface area contributed by atoms with Crippen LogP contribution in [0.1, 0.15) is 37.9 Å². The molecule has 1 aliphatic heterocycles. The fourth-order valence-electron chi connectivity index (χ4n) is 4.46. The lowest BCUT2D eigenvalue weighted by atomic mass is 9.94. The van der Waals surface area contributed by atoms with Gasteiger partial charge < -0.3 is 24.1 Å². The summed E-state index contributed by atoms with van der Waals surface area (Å²) in [6.45, 7) is 6.95. The van der Waals surface area contributed by atoms with Gasteiger partial charge in [-0.25, -0.2) is 0 Å². The van der Waals surface area contributed by atoms with Crippen molar-refractivity contribution in [3.05, 3.63) is 83.4 Å². The molecule has 1 heterocycles. The number of rotatable bonds is 10. The van der Waals surface area contributed by atoms with Gasteiger partial charge in [-0.3, -0.25) is 14.5 Å². The highest BCUT2D eigenvalue weighted by Gasteiger charge is 2.47. The first-order chi connectivity index (χ1) is 18.8. The van der Waals surface area contributed by atoms with Crippen LogP contribution >= 0.6 is 0 Å². The molecule has 0 aliphatic carbocycles. The van der Waals surface area contributed by atoms with E-state index in [1.54, 1.807) is 66.7 Å². The number of aliphatic hydroxyl groups is 1. The van der Waals surface area contributed by atoms with Crippen LogP contribution < -0.4 is 23.8 Å². The first-order valence-electron chi connectivity index (χ1n) is 12.8. The van der Waals surface area contributed by atoms with Crippen molar-refractivity contribution in [1.29, 1.82) is 0 Å². The number of hydrogen-bond donors (Lipinski definition) is 1. The van der Waals surface area contributed by atoms with E-state index in [4.69, 9.17) is 18.9 Å². The summed E-state index contributed by atoms with van der Waals surface area (Å²) in [6.07, 6.45) is 0. The van der Waals surface area contributed by atoms with Crippen molar-refractivity contribution < 1.29 is 33.6 Å². The van der Waals surface area contributed by atoms with E-state index < -0.39 is 17.7 Å². The number of anilines is 1. The zero-order chi connectivity index (χ0) is 28.1. The van der Waals surface area contributed by atoms with Crippen molar-refractivity contribution in [2.75, 3.05) is 32.3 Å². The summed E-state index contributed by atoms with van der Waals surface area (Å²) < 4.78 is 22.2. The molecule has 4 rings (SSSR count). The summed E-state index contributed by atoms with van der Waals surface area (Å²) in [4.78, 5) is 28.4. The Morgan fingerprint density at radius 3 is 2.26 bits per heavy atom. The van der Waals surface area contributed by atoms with Crippen LogP contribution in [-0.4, -0.2) is 44.2 Å². The minimum atomic E-state index is -0.928. The van der Waals surface area contributed by atoms with E-state index in [2.05, 4.69) is 0 Å². The van der Waals surface area contributed by atoms with Crippen molar-refractivity contribution in [1.82, 2.24) is 0 Å². The maximum Gasteiger partial charge on any atom is 0.300 e. The lowest BCUT2D eigenvalue weighted by molar-refractivity contribution is -0.132. The number of carbonyl (C=O) groups is 2. The molecule has 1 fully saturated rings. The fourth-order valence-corrected chi connectivity index (χ4v) is 4.46. The van der Waals surface area contributed by atoms with Crippen molar-refractivity contribution in [2.24, 2.45) is 5.92 Å². The van der Waals surface area contributed by atoms with Crippen LogP contribution in [0.2, 0.25) is 0 Å². The average molecular weight is 532 g/mol. The smallest absolute Gasteiger partial charge is 0.300 e. The van der Waals surface area contributed by atoms with E-state index in [0.29, 0.717) is 58.9 Å². The van der Waals surface area contributed by atoms with Crippen molar-refractivity contribution in [2.45, 2.75) is 26.8 Å². The molecule has 0 spiro atoms. The summed E-state index contributed by atoms with van der Waals surface area (Å²) in [6, 6.07) is 18.0. The number of aliphatic hydroxyl groups excluding tert-OH is 1. The van der Waals surface area contributed by atoms with E-state index in [1.165, 1.54) is 19.1 Å². The molecule has 1 amide bonds. The summed E-state index contributed by atoms with van der Waals surface area (Å²) in [5.74, 6) is 0.575. The Labute approximate surface area is 228 Å². The summed E-state index contributed by atoms with van der Waals surface area (Å²) in [7, 11) is 3.03. The third-order valence-corrected chi connectivity index (χ3v) is 6.28. The maximum atomic E-state index is 13.5. The Balaban J connectivity index is 1.88. The quantitative estimate of drug-likeness (QED) is 0.202. The number of benzene rings is 3. The van der Waals surface area contributed by atoms with Gasteiger partial charge in [-0.1, -0.05) is 32.0 Å². The molecule has 0 saturated carbocycles. The van der Waals surface area contributed by atoms with Crippen molar-refractivity contribution >= 4 is 23.1 Å². The largest absolute Gasteiger partial charge is 0.507 e. The number of hydrogen-bond acceptors (Lipinski definition) is 7. The molecule has 39 heavy (non-hydrogen) atoms. The zero-order valence-corrected chi connectivity index (χ0v) is 22.8. The van der Waals surface area contributed by atoms with Gasteiger partial charge in [0.1, 0.15) is 17.3 Å². The maximum absolute atomic E-state index is 13.5. The van der Waals surface area contributed by atoms with Crippen LogP contribution in [0.4, 0.5) is 5.69 Å². The monoisotopic (exact) mass is 531 g/mol. The van der Waals surface area contributed by atoms with Crippen LogP contribution in [0, 0.1) is 5.92 Å². The van der Waals surface area contributed by atoms with Crippen LogP contribution in [0.5, 0.6) is 23.0 Å². The van der Waals surface area contributed by atoms with Gasteiger partial charge in [0.25, 0.3) is 11.7 Å². The number of carbonyl (C=O) groups excluding carboxylic acids is 2. The first kappa shape index (κ1) is 27.6. The Morgan fingerprint density at radius 2 is 1.62 bits per heavy atom. The van der Waals surface area contributed by atoms with Gasteiger partial charge in [0, 0.05) is 11.3 Å². The van der Waals surface area contributed by atoms with Crippen molar-refractivity contribution in [3.63, 3.8) is 0 Å². The molecule has 0 aromatic heterocycles. The number of ketones is 1. The van der Waals surface area contributed by atoms with Gasteiger partial charge in [-0.15, -0.1) is 0 Å². The molecular formula is C31H33NO7. The van der Waals surface area contributed by atoms with E-state index in [1.807, 2.05) is 20.8 Å². The normalized spacial score (nSPS) is 16.5. The van der Waals surface area contributed by atoms with Crippen LogP contribution in [0.25, 0.3) is 5.76 Å². The summed E-state index contributed by atoms with van der Waals surface area (Å²) in [5.41, 5.74) is 1.37. The topological polar surface area (TPSA) is 94.5 Å². The predicted octanol–water partition coefficient (Wildman–Crippen LogP) is 5.76. The third-order valence-electron chi connectivity index (χ3n) is 6.28. The fraction of sp³-hybridized carbons (Fsp3) is 0.290. The highest BCUT2D eigenvalue weighted by molar-refractivity contribution is 6.51. The third kappa shape index (κ3) is 5.70. The molecule has 0 bridgehead atoms. The van der Waals surface area contributed by atoms with E-state index in [0.717, 1.165) is 0 Å². The lowest BCUT2D eigenvalue weighted by Gasteiger charge is -2.26. The van der Waals surface area contributed by atoms with Crippen LogP contribution in [0.3, 0.4) is 0 Å². The van der Waals surface area contributed by atoms with Crippen molar-refractivity contribution in [3.8, 4) is 23.0 Å². The number of Topliss-reactive ketones (excluding diaryl/α,β-unsaturated/α-hetero) is 1. The Morgan fingerprint density at radius 1 is 0.897 bits per heavy atom. The SMILES string of the molecule is CCOc1ccc(N2C(=O)C(=O)/C(=C(\O)c3cccc(OCC(C)C)c3)C2c2ccc(OC)c(OC)c2)cc1. The van der Waals surface area contributed by atoms with Gasteiger partial charge >= 0.3 is 0 Å². The minimum Gasteiger partial charge on any atom is -0.507 e. The predicted molar refractivity (Wildman–Crippen MR) is 149 cm³/mol. The van der Waals surface area contributed by atoms with Crippen LogP contribution in [-0.2, 0) is 9.59 Å². The zero-order valence-electron chi connectivity index (χ0n) is 22.8. The summed E-state index contributed by atoms with van der Waals surface area (Å²) in [5, 5.41) is 11.5. The molecule has 8 nitrogen and oxygen atoms in total. The highest BCUT2D eigenvalue weighted by atomic mass is 16.5.